The van der Waals surface area contributed by atoms with Crippen molar-refractivity contribution in [2.75, 3.05) is 7.05 Å². The molecule has 2 aromatic rings. The first-order chi connectivity index (χ1) is 12.1. The Labute approximate surface area is 145 Å². The Morgan fingerprint density at radius 1 is 1.24 bits per heavy atom. The van der Waals surface area contributed by atoms with Crippen LogP contribution < -0.4 is 0 Å². The molecule has 25 heavy (non-hydrogen) atoms. The van der Waals surface area contributed by atoms with Gasteiger partial charge in [0.25, 0.3) is 0 Å². The summed E-state index contributed by atoms with van der Waals surface area (Å²) in [6.07, 6.45) is 6.68. The van der Waals surface area contributed by atoms with Crippen LogP contribution in [0.4, 0.5) is 8.78 Å². The molecule has 2 aliphatic carbocycles. The maximum absolute atomic E-state index is 14.5. The molecule has 0 spiro atoms. The van der Waals surface area contributed by atoms with E-state index in [1.165, 1.54) is 18.6 Å². The quantitative estimate of drug-likeness (QED) is 0.843. The zero-order valence-corrected chi connectivity index (χ0v) is 14.0. The van der Waals surface area contributed by atoms with E-state index in [-0.39, 0.29) is 17.4 Å². The number of carbonyl (C=O) groups is 1. The summed E-state index contributed by atoms with van der Waals surface area (Å²) in [6.45, 7) is 0. The molecule has 4 rings (SSSR count). The standard InChI is InChI=1S/C20H20F2N2O/c1-24(20(25)18-14-5-2-6-15(14)18)19(12-4-3-9-23-11-12)16-8-7-13(21)10-17(16)22/h3-4,7-11,14-15,18-19H,2,5-6H2,1H3/t14-,15-,19+/m1/s1. The second kappa shape index (κ2) is 6.21. The Morgan fingerprint density at radius 3 is 2.64 bits per heavy atom. The van der Waals surface area contributed by atoms with Crippen LogP contribution in [0.25, 0.3) is 0 Å². The summed E-state index contributed by atoms with van der Waals surface area (Å²) in [7, 11) is 1.71. The molecular formula is C20H20F2N2O. The minimum Gasteiger partial charge on any atom is -0.334 e. The predicted octanol–water partition coefficient (Wildman–Crippen LogP) is 3.95. The molecule has 2 aliphatic rings. The molecule has 1 heterocycles. The molecule has 3 atom stereocenters. The number of aromatic nitrogens is 1. The molecule has 2 saturated carbocycles. The summed E-state index contributed by atoms with van der Waals surface area (Å²) in [4.78, 5) is 18.7. The van der Waals surface area contributed by atoms with E-state index in [2.05, 4.69) is 4.98 Å². The molecule has 0 N–H and O–H groups in total. The van der Waals surface area contributed by atoms with Gasteiger partial charge in [-0.3, -0.25) is 9.78 Å². The molecule has 3 nitrogen and oxygen atoms in total. The van der Waals surface area contributed by atoms with Crippen LogP contribution in [0.1, 0.15) is 36.4 Å². The van der Waals surface area contributed by atoms with Crippen LogP contribution in [0.2, 0.25) is 0 Å². The molecular weight excluding hydrogens is 322 g/mol. The second-order valence-corrected chi connectivity index (χ2v) is 7.09. The minimum absolute atomic E-state index is 0.0484. The highest BCUT2D eigenvalue weighted by Gasteiger charge is 2.57. The van der Waals surface area contributed by atoms with Crippen LogP contribution in [0.15, 0.2) is 42.7 Å². The van der Waals surface area contributed by atoms with Gasteiger partial charge in [0.2, 0.25) is 5.91 Å². The lowest BCUT2D eigenvalue weighted by Crippen LogP contribution is -2.34. The Morgan fingerprint density at radius 2 is 2.00 bits per heavy atom. The summed E-state index contributed by atoms with van der Waals surface area (Å²) in [6, 6.07) is 6.48. The van der Waals surface area contributed by atoms with Crippen molar-refractivity contribution in [3.63, 3.8) is 0 Å². The van der Waals surface area contributed by atoms with Gasteiger partial charge in [-0.1, -0.05) is 18.6 Å². The third kappa shape index (κ3) is 2.81. The van der Waals surface area contributed by atoms with E-state index in [1.54, 1.807) is 30.4 Å². The fourth-order valence-electron chi connectivity index (χ4n) is 4.42. The number of pyridine rings is 1. The Hall–Kier alpha value is -2.30. The van der Waals surface area contributed by atoms with Gasteiger partial charge < -0.3 is 4.90 Å². The van der Waals surface area contributed by atoms with Gasteiger partial charge >= 0.3 is 0 Å². The van der Waals surface area contributed by atoms with E-state index in [4.69, 9.17) is 0 Å². The van der Waals surface area contributed by atoms with Gasteiger partial charge in [0, 0.05) is 37.0 Å². The maximum Gasteiger partial charge on any atom is 0.226 e. The number of carbonyl (C=O) groups excluding carboxylic acids is 1. The molecule has 1 amide bonds. The lowest BCUT2D eigenvalue weighted by molar-refractivity contribution is -0.133. The Kier molecular flexibility index (Phi) is 4.02. The highest BCUT2D eigenvalue weighted by atomic mass is 19.1. The number of rotatable bonds is 4. The summed E-state index contributed by atoms with van der Waals surface area (Å²) in [5, 5.41) is 0. The van der Waals surface area contributed by atoms with E-state index >= 15 is 0 Å². The minimum atomic E-state index is -0.649. The zero-order valence-electron chi connectivity index (χ0n) is 14.0. The number of halogens is 2. The number of benzene rings is 1. The van der Waals surface area contributed by atoms with Crippen LogP contribution in [-0.4, -0.2) is 22.8 Å². The first-order valence-corrected chi connectivity index (χ1v) is 8.69. The number of nitrogens with zero attached hydrogens (tertiary/aromatic N) is 2. The van der Waals surface area contributed by atoms with Crippen LogP contribution in [0.3, 0.4) is 0 Å². The van der Waals surface area contributed by atoms with Crippen molar-refractivity contribution in [2.24, 2.45) is 17.8 Å². The molecule has 0 unspecified atom stereocenters. The van der Waals surface area contributed by atoms with Crippen molar-refractivity contribution in [3.05, 3.63) is 65.5 Å². The van der Waals surface area contributed by atoms with E-state index in [0.29, 0.717) is 11.8 Å². The smallest absolute Gasteiger partial charge is 0.226 e. The molecule has 0 bridgehead atoms. The lowest BCUT2D eigenvalue weighted by Gasteiger charge is -2.30. The van der Waals surface area contributed by atoms with E-state index in [0.717, 1.165) is 24.5 Å². The Bertz CT molecular complexity index is 786. The number of fused-ring (bicyclic) bond motifs is 1. The van der Waals surface area contributed by atoms with E-state index < -0.39 is 17.7 Å². The van der Waals surface area contributed by atoms with Gasteiger partial charge in [-0.05, 0) is 42.4 Å². The fourth-order valence-corrected chi connectivity index (χ4v) is 4.42. The normalized spacial score (nSPS) is 25.3. The average molecular weight is 342 g/mol. The predicted molar refractivity (Wildman–Crippen MR) is 89.5 cm³/mol. The van der Waals surface area contributed by atoms with Crippen LogP contribution >= 0.6 is 0 Å². The van der Waals surface area contributed by atoms with Crippen molar-refractivity contribution in [2.45, 2.75) is 25.3 Å². The second-order valence-electron chi connectivity index (χ2n) is 7.09. The van der Waals surface area contributed by atoms with Crippen molar-refractivity contribution < 1.29 is 13.6 Å². The number of amides is 1. The Balaban J connectivity index is 1.69. The van der Waals surface area contributed by atoms with Crippen molar-refractivity contribution in [1.29, 1.82) is 0 Å². The van der Waals surface area contributed by atoms with Gasteiger partial charge in [0.1, 0.15) is 11.6 Å². The molecule has 1 aromatic carbocycles. The third-order valence-corrected chi connectivity index (χ3v) is 5.68. The van der Waals surface area contributed by atoms with Gasteiger partial charge in [0.15, 0.2) is 0 Å². The lowest BCUT2D eigenvalue weighted by atomic mass is 9.97. The average Bonchev–Trinajstić information content (AvgIpc) is 3.08. The summed E-state index contributed by atoms with van der Waals surface area (Å²) < 4.78 is 27.8. The topological polar surface area (TPSA) is 33.2 Å². The molecule has 5 heteroatoms. The summed E-state index contributed by atoms with van der Waals surface area (Å²) >= 11 is 0. The molecule has 0 radical (unpaired) electrons. The maximum atomic E-state index is 14.5. The number of hydrogen-bond donors (Lipinski definition) is 0. The van der Waals surface area contributed by atoms with E-state index in [9.17, 15) is 13.6 Å². The first-order valence-electron chi connectivity index (χ1n) is 8.69. The highest BCUT2D eigenvalue weighted by Crippen LogP contribution is 2.58. The third-order valence-electron chi connectivity index (χ3n) is 5.68. The van der Waals surface area contributed by atoms with Crippen molar-refractivity contribution >= 4 is 5.91 Å². The molecule has 0 saturated heterocycles. The SMILES string of the molecule is CN(C(=O)C1[C@@H]2CCC[C@@H]12)[C@@H](c1cccnc1)c1ccc(F)cc1F. The zero-order chi connectivity index (χ0) is 17.6. The monoisotopic (exact) mass is 342 g/mol. The van der Waals surface area contributed by atoms with Gasteiger partial charge in [-0.15, -0.1) is 0 Å². The fraction of sp³-hybridized carbons (Fsp3) is 0.400. The molecule has 1 aromatic heterocycles. The largest absolute Gasteiger partial charge is 0.334 e. The highest BCUT2D eigenvalue weighted by molar-refractivity contribution is 5.83. The van der Waals surface area contributed by atoms with Gasteiger partial charge in [-0.2, -0.15) is 0 Å². The van der Waals surface area contributed by atoms with Gasteiger partial charge in [-0.25, -0.2) is 8.78 Å². The molecule has 2 fully saturated rings. The summed E-state index contributed by atoms with van der Waals surface area (Å²) in [5.41, 5.74) is 1.01. The van der Waals surface area contributed by atoms with Crippen molar-refractivity contribution in [1.82, 2.24) is 9.88 Å². The summed E-state index contributed by atoms with van der Waals surface area (Å²) in [5.74, 6) is -0.194. The molecule has 130 valence electrons. The van der Waals surface area contributed by atoms with Crippen LogP contribution in [0, 0.1) is 29.4 Å². The van der Waals surface area contributed by atoms with E-state index in [1.807, 2.05) is 6.07 Å². The number of hydrogen-bond acceptors (Lipinski definition) is 2. The molecule has 0 aliphatic heterocycles. The van der Waals surface area contributed by atoms with Crippen LogP contribution in [-0.2, 0) is 4.79 Å². The van der Waals surface area contributed by atoms with Crippen LogP contribution in [0.5, 0.6) is 0 Å². The van der Waals surface area contributed by atoms with Gasteiger partial charge in [0.05, 0.1) is 6.04 Å². The van der Waals surface area contributed by atoms with Crippen molar-refractivity contribution in [3.8, 4) is 0 Å². The first kappa shape index (κ1) is 16.2.